The van der Waals surface area contributed by atoms with Crippen LogP contribution in [0, 0.1) is 0 Å². The first-order chi connectivity index (χ1) is 10.3. The first kappa shape index (κ1) is 20.6. The number of carboxylic acids is 1. The van der Waals surface area contributed by atoms with Gasteiger partial charge < -0.3 is 19.9 Å². The van der Waals surface area contributed by atoms with Gasteiger partial charge in [0.2, 0.25) is 6.29 Å². The van der Waals surface area contributed by atoms with Crippen LogP contribution in [0.2, 0.25) is 0 Å². The Morgan fingerprint density at radius 2 is 1.73 bits per heavy atom. The fraction of sp³-hybridized carbons (Fsp3) is 0.786. The number of alkyl carbamates (subject to hydrolysis) is 1. The third-order valence-corrected chi connectivity index (χ3v) is 4.58. The van der Waals surface area contributed by atoms with Crippen molar-refractivity contribution in [2.75, 3.05) is 6.54 Å². The van der Waals surface area contributed by atoms with Gasteiger partial charge in [-0.05, 0) is 12.8 Å². The number of amides is 1. The lowest BCUT2D eigenvalue weighted by Crippen LogP contribution is -2.38. The maximum absolute atomic E-state index is 11.5. The molecule has 0 radical (unpaired) electrons. The SMILES string of the molecule is CCC(=O)O[C@@H](C)OC(=O)NC[C@H](SC(CC)CC)C(=O)O. The fourth-order valence-corrected chi connectivity index (χ4v) is 2.71. The Morgan fingerprint density at radius 3 is 2.18 bits per heavy atom. The molecule has 0 heterocycles. The van der Waals surface area contributed by atoms with E-state index in [0.29, 0.717) is 0 Å². The van der Waals surface area contributed by atoms with Crippen LogP contribution in [0.3, 0.4) is 0 Å². The minimum atomic E-state index is -1.01. The highest BCUT2D eigenvalue weighted by atomic mass is 32.2. The number of carboxylic acid groups (broad SMARTS) is 1. The first-order valence-corrected chi connectivity index (χ1v) is 8.30. The van der Waals surface area contributed by atoms with Crippen LogP contribution in [-0.2, 0) is 19.1 Å². The van der Waals surface area contributed by atoms with Gasteiger partial charge in [-0.25, -0.2) is 4.79 Å². The Morgan fingerprint density at radius 1 is 1.14 bits per heavy atom. The van der Waals surface area contributed by atoms with E-state index in [4.69, 9.17) is 9.47 Å². The van der Waals surface area contributed by atoms with Gasteiger partial charge in [-0.3, -0.25) is 9.59 Å². The largest absolute Gasteiger partial charge is 0.480 e. The van der Waals surface area contributed by atoms with Gasteiger partial charge in [0.05, 0.1) is 0 Å². The molecule has 2 N–H and O–H groups in total. The number of esters is 1. The van der Waals surface area contributed by atoms with Crippen LogP contribution >= 0.6 is 11.8 Å². The average molecular weight is 335 g/mol. The van der Waals surface area contributed by atoms with Gasteiger partial charge >= 0.3 is 18.0 Å². The molecule has 128 valence electrons. The summed E-state index contributed by atoms with van der Waals surface area (Å²) in [7, 11) is 0. The minimum absolute atomic E-state index is 0.0518. The molecule has 0 fully saturated rings. The van der Waals surface area contributed by atoms with Crippen molar-refractivity contribution >= 4 is 29.8 Å². The third-order valence-electron chi connectivity index (χ3n) is 2.83. The number of ether oxygens (including phenoxy) is 2. The van der Waals surface area contributed by atoms with Crippen LogP contribution in [0.15, 0.2) is 0 Å². The quantitative estimate of drug-likeness (QED) is 0.467. The summed E-state index contributed by atoms with van der Waals surface area (Å²) in [5.41, 5.74) is 0. The van der Waals surface area contributed by atoms with Crippen LogP contribution < -0.4 is 5.32 Å². The number of carbonyl (C=O) groups excluding carboxylic acids is 2. The zero-order valence-electron chi connectivity index (χ0n) is 13.5. The van der Waals surface area contributed by atoms with Gasteiger partial charge in [0.1, 0.15) is 5.25 Å². The summed E-state index contributed by atoms with van der Waals surface area (Å²) in [5, 5.41) is 11.0. The highest BCUT2D eigenvalue weighted by molar-refractivity contribution is 8.01. The molecule has 0 aromatic heterocycles. The second-order valence-corrected chi connectivity index (χ2v) is 6.11. The predicted octanol–water partition coefficient (Wildman–Crippen LogP) is 2.39. The van der Waals surface area contributed by atoms with Crippen LogP contribution in [0.5, 0.6) is 0 Å². The molecule has 0 rings (SSSR count). The third kappa shape index (κ3) is 8.76. The summed E-state index contributed by atoms with van der Waals surface area (Å²) in [6, 6.07) is 0. The van der Waals surface area contributed by atoms with Crippen molar-refractivity contribution < 1.29 is 29.0 Å². The van der Waals surface area contributed by atoms with Crippen molar-refractivity contribution in [3.05, 3.63) is 0 Å². The van der Waals surface area contributed by atoms with E-state index in [-0.39, 0.29) is 18.2 Å². The van der Waals surface area contributed by atoms with Gasteiger partial charge in [0, 0.05) is 25.1 Å². The van der Waals surface area contributed by atoms with E-state index < -0.39 is 29.6 Å². The molecule has 0 aromatic rings. The summed E-state index contributed by atoms with van der Waals surface area (Å²) < 4.78 is 9.60. The molecule has 0 spiro atoms. The van der Waals surface area contributed by atoms with E-state index in [0.717, 1.165) is 12.8 Å². The number of thioether (sulfide) groups is 1. The van der Waals surface area contributed by atoms with E-state index in [9.17, 15) is 19.5 Å². The molecule has 0 saturated carbocycles. The number of hydrogen-bond acceptors (Lipinski definition) is 6. The van der Waals surface area contributed by atoms with E-state index in [1.54, 1.807) is 6.92 Å². The molecule has 22 heavy (non-hydrogen) atoms. The minimum Gasteiger partial charge on any atom is -0.480 e. The second-order valence-electron chi connectivity index (χ2n) is 4.60. The maximum Gasteiger partial charge on any atom is 0.410 e. The van der Waals surface area contributed by atoms with Gasteiger partial charge in [0.15, 0.2) is 0 Å². The van der Waals surface area contributed by atoms with Crippen molar-refractivity contribution in [3.8, 4) is 0 Å². The normalized spacial score (nSPS) is 13.3. The summed E-state index contributed by atoms with van der Waals surface area (Å²) >= 11 is 1.32. The molecule has 7 nitrogen and oxygen atoms in total. The topological polar surface area (TPSA) is 102 Å². The van der Waals surface area contributed by atoms with Gasteiger partial charge in [0.25, 0.3) is 0 Å². The van der Waals surface area contributed by atoms with Crippen LogP contribution in [0.4, 0.5) is 4.79 Å². The number of nitrogens with one attached hydrogen (secondary N) is 1. The fourth-order valence-electron chi connectivity index (χ4n) is 1.57. The number of aliphatic carboxylic acids is 1. The zero-order valence-corrected chi connectivity index (χ0v) is 14.3. The molecular weight excluding hydrogens is 310 g/mol. The van der Waals surface area contributed by atoms with Crippen LogP contribution in [0.1, 0.15) is 47.0 Å². The second kappa shape index (κ2) is 11.2. The molecule has 2 atom stereocenters. The Balaban J connectivity index is 4.27. The van der Waals surface area contributed by atoms with Crippen molar-refractivity contribution in [2.45, 2.75) is 63.7 Å². The predicted molar refractivity (Wildman–Crippen MR) is 83.7 cm³/mol. The Hall–Kier alpha value is -1.44. The van der Waals surface area contributed by atoms with Crippen molar-refractivity contribution in [3.63, 3.8) is 0 Å². The summed E-state index contributed by atoms with van der Waals surface area (Å²) in [5.74, 6) is -1.46. The van der Waals surface area contributed by atoms with Crippen molar-refractivity contribution in [2.24, 2.45) is 0 Å². The van der Waals surface area contributed by atoms with E-state index in [1.807, 2.05) is 13.8 Å². The maximum atomic E-state index is 11.5. The Labute approximate surface area is 135 Å². The molecule has 0 unspecified atom stereocenters. The molecule has 1 amide bonds. The van der Waals surface area contributed by atoms with Crippen molar-refractivity contribution in [1.82, 2.24) is 5.32 Å². The molecule has 0 bridgehead atoms. The monoisotopic (exact) mass is 335 g/mol. The Bertz CT molecular complexity index is 372. The van der Waals surface area contributed by atoms with Crippen LogP contribution in [0.25, 0.3) is 0 Å². The molecular formula is C14H25NO6S. The lowest BCUT2D eigenvalue weighted by molar-refractivity contribution is -0.164. The van der Waals surface area contributed by atoms with Gasteiger partial charge in [-0.2, -0.15) is 0 Å². The molecule has 0 aromatic carbocycles. The van der Waals surface area contributed by atoms with E-state index in [2.05, 4.69) is 5.32 Å². The number of hydrogen-bond donors (Lipinski definition) is 2. The smallest absolute Gasteiger partial charge is 0.410 e. The number of carbonyl (C=O) groups is 3. The highest BCUT2D eigenvalue weighted by Crippen LogP contribution is 2.23. The van der Waals surface area contributed by atoms with Gasteiger partial charge in [-0.15, -0.1) is 11.8 Å². The zero-order chi connectivity index (χ0) is 17.1. The lowest BCUT2D eigenvalue weighted by Gasteiger charge is -2.19. The summed E-state index contributed by atoms with van der Waals surface area (Å²) in [6.45, 7) is 6.98. The van der Waals surface area contributed by atoms with E-state index >= 15 is 0 Å². The molecule has 8 heteroatoms. The number of rotatable bonds is 10. The molecule has 0 aliphatic rings. The molecule has 0 aliphatic heterocycles. The lowest BCUT2D eigenvalue weighted by atomic mass is 10.3. The first-order valence-electron chi connectivity index (χ1n) is 7.36. The van der Waals surface area contributed by atoms with Crippen molar-refractivity contribution in [1.29, 1.82) is 0 Å². The summed E-state index contributed by atoms with van der Waals surface area (Å²) in [6.07, 6.45) is 0.0802. The van der Waals surface area contributed by atoms with Crippen LogP contribution in [-0.4, -0.2) is 46.5 Å². The van der Waals surface area contributed by atoms with Gasteiger partial charge in [-0.1, -0.05) is 20.8 Å². The average Bonchev–Trinajstić information content (AvgIpc) is 2.46. The molecule has 0 saturated heterocycles. The van der Waals surface area contributed by atoms with E-state index in [1.165, 1.54) is 18.7 Å². The highest BCUT2D eigenvalue weighted by Gasteiger charge is 2.23. The summed E-state index contributed by atoms with van der Waals surface area (Å²) in [4.78, 5) is 33.8. The molecule has 0 aliphatic carbocycles. The Kier molecular flexibility index (Phi) is 10.4. The standard InChI is InChI=1S/C14H25NO6S/c1-5-10(6-2)22-11(13(17)18)8-15-14(19)21-9(4)20-12(16)7-3/h9-11H,5-8H2,1-4H3,(H,15,19)(H,17,18)/t9-,11+/m1/s1.